The minimum absolute atomic E-state index is 0.0383. The molecule has 1 fully saturated rings. The van der Waals surface area contributed by atoms with Gasteiger partial charge in [-0.2, -0.15) is 0 Å². The molecule has 1 aliphatic heterocycles. The standard InChI is InChI=1S/C16H22BrFN2O/c1-11(13-3-2-6-19-10-13)7-16(21)20-9-12-4-5-14(17)15(18)8-12/h4-5,8,11,13,19H,2-3,6-7,9-10H2,1H3,(H,20,21). The third kappa shape index (κ3) is 5.08. The first-order valence-electron chi connectivity index (χ1n) is 7.47. The number of halogens is 2. The van der Waals surface area contributed by atoms with Gasteiger partial charge in [-0.3, -0.25) is 4.79 Å². The number of piperidine rings is 1. The zero-order valence-corrected chi connectivity index (χ0v) is 13.9. The molecule has 0 aliphatic carbocycles. The lowest BCUT2D eigenvalue weighted by molar-refractivity contribution is -0.122. The van der Waals surface area contributed by atoms with Crippen LogP contribution in [0, 0.1) is 17.7 Å². The molecule has 2 atom stereocenters. The maximum atomic E-state index is 13.4. The van der Waals surface area contributed by atoms with Gasteiger partial charge in [0.25, 0.3) is 0 Å². The molecule has 3 nitrogen and oxygen atoms in total. The van der Waals surface area contributed by atoms with Crippen molar-refractivity contribution in [3.05, 3.63) is 34.1 Å². The number of hydrogen-bond donors (Lipinski definition) is 2. The van der Waals surface area contributed by atoms with Crippen LogP contribution in [0.5, 0.6) is 0 Å². The SMILES string of the molecule is CC(CC(=O)NCc1ccc(Br)c(F)c1)C1CCCNC1. The van der Waals surface area contributed by atoms with Crippen molar-refractivity contribution in [3.63, 3.8) is 0 Å². The van der Waals surface area contributed by atoms with Crippen LogP contribution in [0.4, 0.5) is 4.39 Å². The van der Waals surface area contributed by atoms with E-state index < -0.39 is 0 Å². The summed E-state index contributed by atoms with van der Waals surface area (Å²) in [6.07, 6.45) is 2.92. The lowest BCUT2D eigenvalue weighted by Gasteiger charge is -2.28. The van der Waals surface area contributed by atoms with E-state index in [-0.39, 0.29) is 11.7 Å². The molecule has 1 aromatic rings. The monoisotopic (exact) mass is 356 g/mol. The number of rotatable bonds is 5. The maximum Gasteiger partial charge on any atom is 0.220 e. The Hall–Kier alpha value is -0.940. The second-order valence-corrected chi connectivity index (χ2v) is 6.67. The van der Waals surface area contributed by atoms with Crippen LogP contribution in [0.2, 0.25) is 0 Å². The van der Waals surface area contributed by atoms with Crippen molar-refractivity contribution >= 4 is 21.8 Å². The van der Waals surface area contributed by atoms with Crippen LogP contribution in [0.3, 0.4) is 0 Å². The zero-order valence-electron chi connectivity index (χ0n) is 12.3. The Kier molecular flexibility index (Phi) is 6.18. The number of hydrogen-bond acceptors (Lipinski definition) is 2. The van der Waals surface area contributed by atoms with Crippen molar-refractivity contribution in [1.82, 2.24) is 10.6 Å². The van der Waals surface area contributed by atoms with Gasteiger partial charge in [0.2, 0.25) is 5.91 Å². The lowest BCUT2D eigenvalue weighted by Crippen LogP contribution is -2.35. The highest BCUT2D eigenvalue weighted by molar-refractivity contribution is 9.10. The fourth-order valence-electron chi connectivity index (χ4n) is 2.75. The van der Waals surface area contributed by atoms with Crippen molar-refractivity contribution in [1.29, 1.82) is 0 Å². The van der Waals surface area contributed by atoms with Crippen LogP contribution in [0.15, 0.2) is 22.7 Å². The van der Waals surface area contributed by atoms with Crippen LogP contribution >= 0.6 is 15.9 Å². The summed E-state index contributed by atoms with van der Waals surface area (Å²) in [6.45, 7) is 4.60. The van der Waals surface area contributed by atoms with Crippen LogP contribution in [-0.4, -0.2) is 19.0 Å². The Morgan fingerprint density at radius 1 is 1.57 bits per heavy atom. The van der Waals surface area contributed by atoms with Gasteiger partial charge < -0.3 is 10.6 Å². The Balaban J connectivity index is 1.77. The first-order valence-corrected chi connectivity index (χ1v) is 8.27. The van der Waals surface area contributed by atoms with Gasteiger partial charge >= 0.3 is 0 Å². The Bertz CT molecular complexity index is 489. The molecule has 0 radical (unpaired) electrons. The van der Waals surface area contributed by atoms with Crippen molar-refractivity contribution in [2.24, 2.45) is 11.8 Å². The molecule has 1 saturated heterocycles. The van der Waals surface area contributed by atoms with Crippen molar-refractivity contribution < 1.29 is 9.18 Å². The van der Waals surface area contributed by atoms with E-state index in [9.17, 15) is 9.18 Å². The van der Waals surface area contributed by atoms with E-state index in [2.05, 4.69) is 33.5 Å². The molecule has 0 bridgehead atoms. The number of carbonyl (C=O) groups is 1. The first-order chi connectivity index (χ1) is 10.1. The highest BCUT2D eigenvalue weighted by atomic mass is 79.9. The van der Waals surface area contributed by atoms with Crippen molar-refractivity contribution in [2.75, 3.05) is 13.1 Å². The molecule has 2 unspecified atom stereocenters. The average Bonchev–Trinajstić information content (AvgIpc) is 2.49. The first kappa shape index (κ1) is 16.4. The van der Waals surface area contributed by atoms with Crippen LogP contribution in [0.1, 0.15) is 31.7 Å². The summed E-state index contributed by atoms with van der Waals surface area (Å²) in [5.74, 6) is 0.689. The summed E-state index contributed by atoms with van der Waals surface area (Å²) in [4.78, 5) is 12.0. The molecular weight excluding hydrogens is 335 g/mol. The molecule has 2 rings (SSSR count). The zero-order chi connectivity index (χ0) is 15.2. The summed E-state index contributed by atoms with van der Waals surface area (Å²) in [7, 11) is 0. The third-order valence-corrected chi connectivity index (χ3v) is 4.76. The topological polar surface area (TPSA) is 41.1 Å². The van der Waals surface area contributed by atoms with Gasteiger partial charge in [0, 0.05) is 13.0 Å². The van der Waals surface area contributed by atoms with Crippen molar-refractivity contribution in [2.45, 2.75) is 32.7 Å². The predicted octanol–water partition coefficient (Wildman–Crippen LogP) is 3.23. The van der Waals surface area contributed by atoms with Gasteiger partial charge in [-0.25, -0.2) is 4.39 Å². The van der Waals surface area contributed by atoms with E-state index in [1.807, 2.05) is 6.07 Å². The number of carbonyl (C=O) groups excluding carboxylic acids is 1. The van der Waals surface area contributed by atoms with E-state index in [1.54, 1.807) is 6.07 Å². The van der Waals surface area contributed by atoms with Gasteiger partial charge in [0.15, 0.2) is 0 Å². The average molecular weight is 357 g/mol. The van der Waals surface area contributed by atoms with Crippen LogP contribution in [-0.2, 0) is 11.3 Å². The molecule has 1 amide bonds. The maximum absolute atomic E-state index is 13.4. The minimum atomic E-state index is -0.302. The predicted molar refractivity (Wildman–Crippen MR) is 85.3 cm³/mol. The fraction of sp³-hybridized carbons (Fsp3) is 0.562. The van der Waals surface area contributed by atoms with E-state index in [4.69, 9.17) is 0 Å². The molecule has 1 heterocycles. The normalized spacial score (nSPS) is 20.0. The fourth-order valence-corrected chi connectivity index (χ4v) is 2.99. The number of nitrogens with one attached hydrogen (secondary N) is 2. The third-order valence-electron chi connectivity index (χ3n) is 4.12. The summed E-state index contributed by atoms with van der Waals surface area (Å²) in [5, 5.41) is 6.25. The van der Waals surface area contributed by atoms with Gasteiger partial charge in [0.05, 0.1) is 4.47 Å². The molecular formula is C16H22BrFN2O. The van der Waals surface area contributed by atoms with Crippen LogP contribution < -0.4 is 10.6 Å². The van der Waals surface area contributed by atoms with Crippen LogP contribution in [0.25, 0.3) is 0 Å². The summed E-state index contributed by atoms with van der Waals surface area (Å²) in [6, 6.07) is 4.91. The smallest absolute Gasteiger partial charge is 0.220 e. The Morgan fingerprint density at radius 3 is 3.05 bits per heavy atom. The van der Waals surface area contributed by atoms with E-state index in [1.165, 1.54) is 18.9 Å². The van der Waals surface area contributed by atoms with Gasteiger partial charge in [-0.05, 0) is 71.4 Å². The molecule has 1 aromatic carbocycles. The molecule has 116 valence electrons. The number of amides is 1. The molecule has 0 saturated carbocycles. The van der Waals surface area contributed by atoms with Crippen molar-refractivity contribution in [3.8, 4) is 0 Å². The van der Waals surface area contributed by atoms with Gasteiger partial charge in [-0.15, -0.1) is 0 Å². The number of benzene rings is 1. The molecule has 1 aliphatic rings. The molecule has 2 N–H and O–H groups in total. The Morgan fingerprint density at radius 2 is 2.38 bits per heavy atom. The summed E-state index contributed by atoms with van der Waals surface area (Å²) >= 11 is 3.12. The minimum Gasteiger partial charge on any atom is -0.352 e. The highest BCUT2D eigenvalue weighted by Crippen LogP contribution is 2.22. The van der Waals surface area contributed by atoms with E-state index >= 15 is 0 Å². The molecule has 21 heavy (non-hydrogen) atoms. The highest BCUT2D eigenvalue weighted by Gasteiger charge is 2.21. The Labute approximate surface area is 133 Å². The second-order valence-electron chi connectivity index (χ2n) is 5.81. The summed E-state index contributed by atoms with van der Waals surface area (Å²) < 4.78 is 13.8. The van der Waals surface area contributed by atoms with Gasteiger partial charge in [0.1, 0.15) is 5.82 Å². The second kappa shape index (κ2) is 7.90. The molecule has 0 spiro atoms. The molecule has 5 heteroatoms. The molecule has 0 aromatic heterocycles. The lowest BCUT2D eigenvalue weighted by atomic mass is 9.85. The van der Waals surface area contributed by atoms with E-state index in [0.717, 1.165) is 18.7 Å². The quantitative estimate of drug-likeness (QED) is 0.850. The van der Waals surface area contributed by atoms with Gasteiger partial charge in [-0.1, -0.05) is 13.0 Å². The largest absolute Gasteiger partial charge is 0.352 e. The van der Waals surface area contributed by atoms with E-state index in [0.29, 0.717) is 29.3 Å². The summed E-state index contributed by atoms with van der Waals surface area (Å²) in [5.41, 5.74) is 0.774.